The van der Waals surface area contributed by atoms with Crippen molar-refractivity contribution >= 4 is 17.7 Å². The minimum atomic E-state index is -0.393. The van der Waals surface area contributed by atoms with Crippen LogP contribution < -0.4 is 10.1 Å². The molecule has 1 aromatic heterocycles. The van der Waals surface area contributed by atoms with Crippen LogP contribution in [-0.2, 0) is 9.53 Å². The maximum Gasteiger partial charge on any atom is 0.337 e. The van der Waals surface area contributed by atoms with Gasteiger partial charge in [0, 0.05) is 18.4 Å². The third kappa shape index (κ3) is 3.11. The van der Waals surface area contributed by atoms with Gasteiger partial charge < -0.3 is 19.4 Å². The second-order valence-electron chi connectivity index (χ2n) is 6.47. The van der Waals surface area contributed by atoms with Gasteiger partial charge in [0.2, 0.25) is 5.91 Å². The van der Waals surface area contributed by atoms with Crippen molar-refractivity contribution in [3.8, 4) is 11.4 Å². The Kier molecular flexibility index (Phi) is 4.57. The van der Waals surface area contributed by atoms with E-state index in [2.05, 4.69) is 10.3 Å². The van der Waals surface area contributed by atoms with Gasteiger partial charge in [-0.2, -0.15) is 0 Å². The molecule has 0 radical (unpaired) electrons. The van der Waals surface area contributed by atoms with Crippen LogP contribution in [0.3, 0.4) is 0 Å². The van der Waals surface area contributed by atoms with Crippen LogP contribution in [0, 0.1) is 0 Å². The van der Waals surface area contributed by atoms with E-state index >= 15 is 0 Å². The molecule has 7 nitrogen and oxygen atoms in total. The number of amides is 1. The fraction of sp³-hybridized carbons (Fsp3) is 0.190. The molecule has 0 aliphatic carbocycles. The number of carbonyl (C=O) groups excluding carboxylic acids is 2. The monoisotopic (exact) mass is 377 g/mol. The van der Waals surface area contributed by atoms with Crippen molar-refractivity contribution < 1.29 is 19.1 Å². The Morgan fingerprint density at radius 1 is 1.18 bits per heavy atom. The van der Waals surface area contributed by atoms with Crippen molar-refractivity contribution in [1.82, 2.24) is 9.55 Å². The highest BCUT2D eigenvalue weighted by molar-refractivity contribution is 5.94. The third-order valence-electron chi connectivity index (χ3n) is 4.85. The zero-order chi connectivity index (χ0) is 19.7. The number of esters is 1. The summed E-state index contributed by atoms with van der Waals surface area (Å²) in [5.74, 6) is 0.601. The van der Waals surface area contributed by atoms with Gasteiger partial charge in [-0.1, -0.05) is 18.2 Å². The van der Waals surface area contributed by atoms with Gasteiger partial charge in [-0.25, -0.2) is 9.78 Å². The number of benzene rings is 2. The van der Waals surface area contributed by atoms with E-state index in [0.29, 0.717) is 17.8 Å². The van der Waals surface area contributed by atoms with Gasteiger partial charge in [0.05, 0.1) is 31.2 Å². The van der Waals surface area contributed by atoms with Gasteiger partial charge in [0.25, 0.3) is 0 Å². The number of hydrogen-bond donors (Lipinski definition) is 1. The Labute approximate surface area is 161 Å². The Bertz CT molecular complexity index is 1040. The summed E-state index contributed by atoms with van der Waals surface area (Å²) in [5, 5.41) is 2.84. The van der Waals surface area contributed by atoms with Crippen molar-refractivity contribution in [1.29, 1.82) is 0 Å². The molecule has 1 aliphatic heterocycles. The minimum absolute atomic E-state index is 0.0922. The summed E-state index contributed by atoms with van der Waals surface area (Å²) in [4.78, 5) is 28.3. The number of nitrogens with one attached hydrogen (secondary N) is 1. The van der Waals surface area contributed by atoms with Crippen molar-refractivity contribution in [2.75, 3.05) is 19.5 Å². The summed E-state index contributed by atoms with van der Waals surface area (Å²) in [6.07, 6.45) is 1.99. The zero-order valence-corrected chi connectivity index (χ0v) is 15.5. The number of methoxy groups -OCH3 is 2. The van der Waals surface area contributed by atoms with E-state index in [1.807, 2.05) is 41.0 Å². The second kappa shape index (κ2) is 7.19. The van der Waals surface area contributed by atoms with Crippen molar-refractivity contribution in [3.05, 3.63) is 71.7 Å². The molecule has 7 heteroatoms. The standard InChI is InChI=1S/C21H19N3O4/c1-27-16-5-3-4-15(10-16)24-12-22-20-19(24)17(11-18(25)23-20)13-6-8-14(9-7-13)21(26)28-2/h3-10,12,17H,11H2,1-2H3,(H,23,25)/t17-/m1/s1. The van der Waals surface area contributed by atoms with Crippen molar-refractivity contribution in [2.24, 2.45) is 0 Å². The summed E-state index contributed by atoms with van der Waals surface area (Å²) in [5.41, 5.74) is 3.17. The van der Waals surface area contributed by atoms with Gasteiger partial charge in [-0.3, -0.25) is 4.79 Å². The lowest BCUT2D eigenvalue weighted by atomic mass is 9.89. The van der Waals surface area contributed by atoms with Gasteiger partial charge in [0.1, 0.15) is 12.1 Å². The first-order chi connectivity index (χ1) is 13.6. The number of aromatic nitrogens is 2. The summed E-state index contributed by atoms with van der Waals surface area (Å²) >= 11 is 0. The summed E-state index contributed by atoms with van der Waals surface area (Å²) in [7, 11) is 2.97. The van der Waals surface area contributed by atoms with E-state index < -0.39 is 5.97 Å². The van der Waals surface area contributed by atoms with Gasteiger partial charge >= 0.3 is 5.97 Å². The van der Waals surface area contributed by atoms with E-state index in [4.69, 9.17) is 9.47 Å². The molecule has 4 rings (SSSR count). The molecule has 1 atom stereocenters. The molecule has 1 N–H and O–H groups in total. The number of ether oxygens (including phenoxy) is 2. The van der Waals surface area contributed by atoms with Gasteiger partial charge in [-0.05, 0) is 29.8 Å². The molecular weight excluding hydrogens is 358 g/mol. The summed E-state index contributed by atoms with van der Waals surface area (Å²) in [6, 6.07) is 14.8. The fourth-order valence-corrected chi connectivity index (χ4v) is 3.46. The molecule has 0 saturated heterocycles. The molecule has 28 heavy (non-hydrogen) atoms. The van der Waals surface area contributed by atoms with Crippen molar-refractivity contribution in [2.45, 2.75) is 12.3 Å². The molecule has 0 bridgehead atoms. The number of fused-ring (bicyclic) bond motifs is 1. The number of imidazole rings is 1. The van der Waals surface area contributed by atoms with Crippen LogP contribution in [0.15, 0.2) is 54.9 Å². The molecule has 0 spiro atoms. The molecule has 0 unspecified atom stereocenters. The molecule has 2 aromatic carbocycles. The van der Waals surface area contributed by atoms with Gasteiger partial charge in [0.15, 0.2) is 5.82 Å². The first kappa shape index (κ1) is 17.8. The predicted molar refractivity (Wildman–Crippen MR) is 103 cm³/mol. The summed E-state index contributed by atoms with van der Waals surface area (Å²) < 4.78 is 12.0. The topological polar surface area (TPSA) is 82.5 Å². The Balaban J connectivity index is 1.78. The van der Waals surface area contributed by atoms with E-state index in [9.17, 15) is 9.59 Å². The quantitative estimate of drug-likeness (QED) is 0.707. The van der Waals surface area contributed by atoms with Crippen LogP contribution in [0.4, 0.5) is 5.82 Å². The molecule has 142 valence electrons. The van der Waals surface area contributed by atoms with E-state index in [0.717, 1.165) is 22.7 Å². The van der Waals surface area contributed by atoms with Crippen LogP contribution >= 0.6 is 0 Å². The second-order valence-corrected chi connectivity index (χ2v) is 6.47. The van der Waals surface area contributed by atoms with Crippen LogP contribution in [0.5, 0.6) is 5.75 Å². The van der Waals surface area contributed by atoms with E-state index in [1.165, 1.54) is 7.11 Å². The minimum Gasteiger partial charge on any atom is -0.497 e. The number of hydrogen-bond acceptors (Lipinski definition) is 5. The average molecular weight is 377 g/mol. The maximum atomic E-state index is 12.2. The Morgan fingerprint density at radius 3 is 2.68 bits per heavy atom. The third-order valence-corrected chi connectivity index (χ3v) is 4.85. The first-order valence-electron chi connectivity index (χ1n) is 8.80. The van der Waals surface area contributed by atoms with E-state index in [-0.39, 0.29) is 11.8 Å². The molecule has 0 saturated carbocycles. The highest BCUT2D eigenvalue weighted by Gasteiger charge is 2.31. The van der Waals surface area contributed by atoms with Crippen molar-refractivity contribution in [3.63, 3.8) is 0 Å². The van der Waals surface area contributed by atoms with Crippen LogP contribution in [0.2, 0.25) is 0 Å². The maximum absolute atomic E-state index is 12.2. The van der Waals surface area contributed by atoms with Crippen LogP contribution in [0.25, 0.3) is 5.69 Å². The molecule has 2 heterocycles. The highest BCUT2D eigenvalue weighted by atomic mass is 16.5. The molecule has 1 aliphatic rings. The fourth-order valence-electron chi connectivity index (χ4n) is 3.46. The Hall–Kier alpha value is -3.61. The Morgan fingerprint density at radius 2 is 1.96 bits per heavy atom. The lowest BCUT2D eigenvalue weighted by Gasteiger charge is -2.25. The molecule has 3 aromatic rings. The smallest absolute Gasteiger partial charge is 0.337 e. The number of rotatable bonds is 4. The highest BCUT2D eigenvalue weighted by Crippen LogP contribution is 2.38. The van der Waals surface area contributed by atoms with Crippen LogP contribution in [0.1, 0.15) is 34.0 Å². The normalized spacial score (nSPS) is 15.5. The number of nitrogens with zero attached hydrogens (tertiary/aromatic N) is 2. The SMILES string of the molecule is COC(=O)c1ccc([C@H]2CC(=O)Nc3ncn(-c4cccc(OC)c4)c32)cc1. The first-order valence-corrected chi connectivity index (χ1v) is 8.80. The molecule has 0 fully saturated rings. The predicted octanol–water partition coefficient (Wildman–Crippen LogP) is 3.14. The lowest BCUT2D eigenvalue weighted by Crippen LogP contribution is -2.25. The summed E-state index contributed by atoms with van der Waals surface area (Å²) in [6.45, 7) is 0. The average Bonchev–Trinajstić information content (AvgIpc) is 3.16. The van der Waals surface area contributed by atoms with Gasteiger partial charge in [-0.15, -0.1) is 0 Å². The largest absolute Gasteiger partial charge is 0.497 e. The zero-order valence-electron chi connectivity index (χ0n) is 15.5. The van der Waals surface area contributed by atoms with Crippen LogP contribution in [-0.4, -0.2) is 35.6 Å². The number of anilines is 1. The lowest BCUT2D eigenvalue weighted by molar-refractivity contribution is -0.116. The molecule has 1 amide bonds. The number of carbonyl (C=O) groups is 2. The van der Waals surface area contributed by atoms with E-state index in [1.54, 1.807) is 25.6 Å². The molecular formula is C21H19N3O4.